The average Bonchev–Trinajstić information content (AvgIpc) is 2.62. The predicted molar refractivity (Wildman–Crippen MR) is 95.7 cm³/mol. The molecule has 1 spiro atoms. The smallest absolute Gasteiger partial charge is 0.222 e. The number of hydrogen-bond acceptors (Lipinski definition) is 3. The van der Waals surface area contributed by atoms with E-state index in [1.54, 1.807) is 0 Å². The SMILES string of the molecule is CCC(=O)N1CCC2(CC1)CC(N(C)Cc1ccccc1)CCO2. The molecule has 132 valence electrons. The van der Waals surface area contributed by atoms with Crippen LogP contribution in [-0.4, -0.2) is 54.1 Å². The molecule has 2 saturated heterocycles. The summed E-state index contributed by atoms with van der Waals surface area (Å²) in [5.41, 5.74) is 1.35. The summed E-state index contributed by atoms with van der Waals surface area (Å²) in [7, 11) is 2.23. The first-order valence-corrected chi connectivity index (χ1v) is 9.28. The Morgan fingerprint density at radius 2 is 2.00 bits per heavy atom. The largest absolute Gasteiger partial charge is 0.375 e. The summed E-state index contributed by atoms with van der Waals surface area (Å²) in [5, 5.41) is 0. The first-order chi connectivity index (χ1) is 11.6. The van der Waals surface area contributed by atoms with E-state index in [2.05, 4.69) is 42.3 Å². The van der Waals surface area contributed by atoms with Crippen LogP contribution in [0.3, 0.4) is 0 Å². The van der Waals surface area contributed by atoms with E-state index in [9.17, 15) is 4.79 Å². The Kier molecular flexibility index (Phi) is 5.57. The maximum absolute atomic E-state index is 11.9. The Hall–Kier alpha value is -1.39. The first-order valence-electron chi connectivity index (χ1n) is 9.28. The Morgan fingerprint density at radius 3 is 2.67 bits per heavy atom. The van der Waals surface area contributed by atoms with Crippen molar-refractivity contribution in [1.82, 2.24) is 9.80 Å². The van der Waals surface area contributed by atoms with Gasteiger partial charge < -0.3 is 9.64 Å². The molecule has 3 rings (SSSR count). The van der Waals surface area contributed by atoms with Crippen LogP contribution in [0, 0.1) is 0 Å². The molecule has 1 aromatic carbocycles. The third-order valence-corrected chi connectivity index (χ3v) is 5.69. The van der Waals surface area contributed by atoms with Crippen molar-refractivity contribution in [3.05, 3.63) is 35.9 Å². The van der Waals surface area contributed by atoms with Gasteiger partial charge in [-0.2, -0.15) is 0 Å². The van der Waals surface area contributed by atoms with Crippen LogP contribution >= 0.6 is 0 Å². The molecule has 0 saturated carbocycles. The number of likely N-dealkylation sites (tertiary alicyclic amines) is 1. The van der Waals surface area contributed by atoms with E-state index in [1.165, 1.54) is 5.56 Å². The van der Waals surface area contributed by atoms with Gasteiger partial charge in [-0.1, -0.05) is 37.3 Å². The molecule has 4 heteroatoms. The van der Waals surface area contributed by atoms with Crippen LogP contribution in [0.2, 0.25) is 0 Å². The lowest BCUT2D eigenvalue weighted by Gasteiger charge is -2.48. The highest BCUT2D eigenvalue weighted by molar-refractivity contribution is 5.75. The molecule has 4 nitrogen and oxygen atoms in total. The molecule has 2 aliphatic heterocycles. The van der Waals surface area contributed by atoms with E-state index in [0.717, 1.165) is 51.9 Å². The molecular formula is C20H30N2O2. The van der Waals surface area contributed by atoms with Crippen molar-refractivity contribution in [3.63, 3.8) is 0 Å². The molecule has 0 aliphatic carbocycles. The highest BCUT2D eigenvalue weighted by atomic mass is 16.5. The third kappa shape index (κ3) is 3.98. The summed E-state index contributed by atoms with van der Waals surface area (Å²) < 4.78 is 6.23. The van der Waals surface area contributed by atoms with E-state index in [1.807, 2.05) is 11.8 Å². The monoisotopic (exact) mass is 330 g/mol. The molecule has 1 aromatic rings. The lowest BCUT2D eigenvalue weighted by molar-refractivity contribution is -0.148. The zero-order chi connectivity index (χ0) is 17.0. The Morgan fingerprint density at radius 1 is 1.29 bits per heavy atom. The van der Waals surface area contributed by atoms with Gasteiger partial charge >= 0.3 is 0 Å². The highest BCUT2D eigenvalue weighted by Crippen LogP contribution is 2.36. The van der Waals surface area contributed by atoms with Gasteiger partial charge in [0.2, 0.25) is 5.91 Å². The van der Waals surface area contributed by atoms with Gasteiger partial charge in [0.1, 0.15) is 0 Å². The van der Waals surface area contributed by atoms with Gasteiger partial charge in [-0.05, 0) is 38.3 Å². The maximum Gasteiger partial charge on any atom is 0.222 e. The number of rotatable bonds is 4. The van der Waals surface area contributed by atoms with Crippen molar-refractivity contribution in [3.8, 4) is 0 Å². The molecule has 0 aromatic heterocycles. The summed E-state index contributed by atoms with van der Waals surface area (Å²) in [6.07, 6.45) is 4.76. The van der Waals surface area contributed by atoms with E-state index >= 15 is 0 Å². The van der Waals surface area contributed by atoms with Crippen LogP contribution in [-0.2, 0) is 16.1 Å². The maximum atomic E-state index is 11.9. The molecule has 2 aliphatic rings. The standard InChI is InChI=1S/C20H30N2O2/c1-3-19(23)22-12-10-20(11-13-22)15-18(9-14-24-20)21(2)16-17-7-5-4-6-8-17/h4-8,18H,3,9-16H2,1-2H3. The summed E-state index contributed by atoms with van der Waals surface area (Å²) in [4.78, 5) is 16.4. The van der Waals surface area contributed by atoms with Crippen LogP contribution in [0.1, 0.15) is 44.6 Å². The van der Waals surface area contributed by atoms with Crippen molar-refractivity contribution in [1.29, 1.82) is 0 Å². The second-order valence-electron chi connectivity index (χ2n) is 7.31. The van der Waals surface area contributed by atoms with Gasteiger partial charge in [0.15, 0.2) is 0 Å². The molecule has 2 fully saturated rings. The summed E-state index contributed by atoms with van der Waals surface area (Å²) in [5.74, 6) is 0.276. The van der Waals surface area contributed by atoms with Gasteiger partial charge in [0, 0.05) is 38.7 Å². The molecule has 1 amide bonds. The second-order valence-corrected chi connectivity index (χ2v) is 7.31. The van der Waals surface area contributed by atoms with Crippen LogP contribution in [0.4, 0.5) is 0 Å². The molecule has 2 heterocycles. The minimum absolute atomic E-state index is 0.0155. The molecule has 1 atom stereocenters. The number of benzene rings is 1. The van der Waals surface area contributed by atoms with E-state index < -0.39 is 0 Å². The van der Waals surface area contributed by atoms with Crippen molar-refractivity contribution in [2.45, 2.75) is 57.2 Å². The third-order valence-electron chi connectivity index (χ3n) is 5.69. The van der Waals surface area contributed by atoms with Crippen LogP contribution in [0.15, 0.2) is 30.3 Å². The van der Waals surface area contributed by atoms with Crippen LogP contribution < -0.4 is 0 Å². The highest BCUT2D eigenvalue weighted by Gasteiger charge is 2.41. The lowest BCUT2D eigenvalue weighted by atomic mass is 9.81. The molecule has 1 unspecified atom stereocenters. The molecule has 0 N–H and O–H groups in total. The average molecular weight is 330 g/mol. The Bertz CT molecular complexity index is 538. The van der Waals surface area contributed by atoms with Crippen LogP contribution in [0.5, 0.6) is 0 Å². The quantitative estimate of drug-likeness (QED) is 0.850. The fourth-order valence-electron chi connectivity index (χ4n) is 4.11. The van der Waals surface area contributed by atoms with Crippen molar-refractivity contribution in [2.24, 2.45) is 0 Å². The topological polar surface area (TPSA) is 32.8 Å². The number of amides is 1. The number of ether oxygens (including phenoxy) is 1. The predicted octanol–water partition coefficient (Wildman–Crippen LogP) is 3.07. The van der Waals surface area contributed by atoms with Crippen LogP contribution in [0.25, 0.3) is 0 Å². The Labute approximate surface area is 145 Å². The normalized spacial score (nSPS) is 23.6. The number of carbonyl (C=O) groups is 1. The number of hydrogen-bond donors (Lipinski definition) is 0. The van der Waals surface area contributed by atoms with Gasteiger partial charge in [-0.25, -0.2) is 0 Å². The van der Waals surface area contributed by atoms with Gasteiger partial charge in [0.05, 0.1) is 5.60 Å². The zero-order valence-corrected chi connectivity index (χ0v) is 15.0. The number of nitrogens with zero attached hydrogens (tertiary/aromatic N) is 2. The molecule has 0 bridgehead atoms. The van der Waals surface area contributed by atoms with E-state index in [4.69, 9.17) is 4.74 Å². The molecular weight excluding hydrogens is 300 g/mol. The second kappa shape index (κ2) is 7.66. The fraction of sp³-hybridized carbons (Fsp3) is 0.650. The lowest BCUT2D eigenvalue weighted by Crippen LogP contribution is -2.53. The van der Waals surface area contributed by atoms with Crippen molar-refractivity contribution in [2.75, 3.05) is 26.7 Å². The summed E-state index contributed by atoms with van der Waals surface area (Å²) in [6, 6.07) is 11.2. The van der Waals surface area contributed by atoms with Crippen molar-refractivity contribution >= 4 is 5.91 Å². The van der Waals surface area contributed by atoms with Gasteiger partial charge in [0.25, 0.3) is 0 Å². The van der Waals surface area contributed by atoms with E-state index in [-0.39, 0.29) is 11.5 Å². The Balaban J connectivity index is 1.57. The minimum Gasteiger partial charge on any atom is -0.375 e. The fourth-order valence-corrected chi connectivity index (χ4v) is 4.11. The minimum atomic E-state index is -0.0155. The zero-order valence-electron chi connectivity index (χ0n) is 15.0. The molecule has 0 radical (unpaired) electrons. The van der Waals surface area contributed by atoms with Crippen molar-refractivity contribution < 1.29 is 9.53 Å². The van der Waals surface area contributed by atoms with E-state index in [0.29, 0.717) is 12.5 Å². The summed E-state index contributed by atoms with van der Waals surface area (Å²) in [6.45, 7) is 5.47. The number of carbonyl (C=O) groups excluding carboxylic acids is 1. The van der Waals surface area contributed by atoms with Gasteiger partial charge in [-0.15, -0.1) is 0 Å². The van der Waals surface area contributed by atoms with Gasteiger partial charge in [-0.3, -0.25) is 9.69 Å². The molecule has 24 heavy (non-hydrogen) atoms. The summed E-state index contributed by atoms with van der Waals surface area (Å²) >= 11 is 0. The first kappa shape index (κ1) is 17.4. The number of piperidine rings is 1.